The minimum absolute atomic E-state index is 2.41. The van der Waals surface area contributed by atoms with Crippen molar-refractivity contribution >= 4 is 0 Å². The quantitative estimate of drug-likeness (QED) is 0.130. The lowest BCUT2D eigenvalue weighted by atomic mass is 9.79. The molecule has 0 bridgehead atoms. The van der Waals surface area contributed by atoms with Crippen LogP contribution >= 0.6 is 0 Å². The summed E-state index contributed by atoms with van der Waals surface area (Å²) >= 11 is 0. The van der Waals surface area contributed by atoms with E-state index in [1.54, 1.807) is 0 Å². The van der Waals surface area contributed by atoms with Crippen LogP contribution in [0.1, 0.15) is 0 Å². The van der Waals surface area contributed by atoms with Crippen LogP contribution in [0.5, 0.6) is 0 Å². The maximum absolute atomic E-state index is 14.6. The maximum Gasteiger partial charge on any atom is 0.449 e. The Morgan fingerprint density at radius 2 is 0.357 bits per heavy atom. The second-order valence-corrected chi connectivity index (χ2v) is 9.72. The van der Waals surface area contributed by atoms with E-state index in [0.717, 1.165) is 0 Å². The molecule has 0 aromatic carbocycles. The second kappa shape index (κ2) is 14.2. The number of hydrogen-bond acceptors (Lipinski definition) is 2. The van der Waals surface area contributed by atoms with Crippen molar-refractivity contribution in [2.75, 3.05) is 13.2 Å². The standard InChI is InChI=1S/C20H4F34O2/c21-7(13(31,32)33,14(34,35)36)3(8(22,15(37,38)39)16(40,41)42)5(11(25,26)27)55-1-2-56-6(12(28,29)30)4(9(23,17(43,44)45)18(46,47)48)10(24,19(49,50)51)20(52,53)54/h1-2H2. The van der Waals surface area contributed by atoms with Crippen LogP contribution < -0.4 is 0 Å². The zero-order valence-electron chi connectivity index (χ0n) is 24.1. The lowest BCUT2D eigenvalue weighted by Gasteiger charge is -2.41. The van der Waals surface area contributed by atoms with Crippen LogP contribution in [0.25, 0.3) is 0 Å². The van der Waals surface area contributed by atoms with Crippen LogP contribution in [0, 0.1) is 0 Å². The van der Waals surface area contributed by atoms with Gasteiger partial charge in [0.2, 0.25) is 11.5 Å². The number of rotatable bonds is 9. The molecule has 0 aliphatic heterocycles. The van der Waals surface area contributed by atoms with Crippen molar-refractivity contribution in [3.63, 3.8) is 0 Å². The third kappa shape index (κ3) is 8.74. The summed E-state index contributed by atoms with van der Waals surface area (Å²) in [4.78, 5) is 0. The molecule has 0 aliphatic carbocycles. The third-order valence-electron chi connectivity index (χ3n) is 6.05. The fourth-order valence-corrected chi connectivity index (χ4v) is 3.76. The Balaban J connectivity index is 8.76. The van der Waals surface area contributed by atoms with Gasteiger partial charge in [0.1, 0.15) is 13.2 Å². The van der Waals surface area contributed by atoms with Crippen molar-refractivity contribution in [3.05, 3.63) is 22.7 Å². The van der Waals surface area contributed by atoms with Gasteiger partial charge in [0.15, 0.2) is 0 Å². The summed E-state index contributed by atoms with van der Waals surface area (Å²) in [6.45, 7) is -7.84. The molecule has 0 atom stereocenters. The van der Waals surface area contributed by atoms with E-state index in [1.807, 2.05) is 0 Å². The van der Waals surface area contributed by atoms with Gasteiger partial charge in [-0.25, -0.2) is 17.6 Å². The smallest absolute Gasteiger partial charge is 0.449 e. The van der Waals surface area contributed by atoms with Gasteiger partial charge in [-0.3, -0.25) is 0 Å². The molecule has 0 heterocycles. The molecule has 0 rings (SSSR count). The highest BCUT2D eigenvalue weighted by atomic mass is 19.5. The van der Waals surface area contributed by atoms with Crippen molar-refractivity contribution in [1.82, 2.24) is 0 Å². The van der Waals surface area contributed by atoms with Crippen LogP contribution in [0.15, 0.2) is 22.7 Å². The van der Waals surface area contributed by atoms with E-state index < -0.39 is 120 Å². The predicted octanol–water partition coefficient (Wildman–Crippen LogP) is 12.0. The van der Waals surface area contributed by atoms with Gasteiger partial charge in [-0.2, -0.15) is 132 Å². The average molecular weight is 922 g/mol. The van der Waals surface area contributed by atoms with E-state index in [-0.39, 0.29) is 0 Å². The van der Waals surface area contributed by atoms with Crippen LogP contribution in [0.4, 0.5) is 149 Å². The van der Waals surface area contributed by atoms with Gasteiger partial charge in [-0.1, -0.05) is 0 Å². The number of hydrogen-bond donors (Lipinski definition) is 0. The Kier molecular flexibility index (Phi) is 13.4. The van der Waals surface area contributed by atoms with E-state index in [2.05, 4.69) is 9.47 Å². The largest absolute Gasteiger partial charge is 0.485 e. The molecule has 0 N–H and O–H groups in total. The normalized spacial score (nSPS) is 15.8. The summed E-state index contributed by atoms with van der Waals surface area (Å²) in [5.41, 5.74) is -49.0. The van der Waals surface area contributed by atoms with Gasteiger partial charge in [-0.05, 0) is 0 Å². The average Bonchev–Trinajstić information content (AvgIpc) is 2.86. The first-order valence-electron chi connectivity index (χ1n) is 11.9. The molecule has 0 aromatic rings. The van der Waals surface area contributed by atoms with Gasteiger partial charge >= 0.3 is 84.4 Å². The van der Waals surface area contributed by atoms with Crippen molar-refractivity contribution in [2.24, 2.45) is 0 Å². The van der Waals surface area contributed by atoms with E-state index in [9.17, 15) is 149 Å². The monoisotopic (exact) mass is 922 g/mol. The van der Waals surface area contributed by atoms with E-state index in [0.29, 0.717) is 0 Å². The SMILES string of the molecule is FC(F)(F)C(OCCOC(=C(C(F)(C(F)(F)F)C(F)(F)F)C(F)(C(F)(F)F)C(F)(F)F)C(F)(F)F)=C(C(F)(C(F)(F)F)C(F)(F)F)C(F)(C(F)(F)F)C(F)(F)F. The summed E-state index contributed by atoms with van der Waals surface area (Å²) in [7, 11) is 0. The fourth-order valence-electron chi connectivity index (χ4n) is 3.76. The molecule has 0 saturated carbocycles. The first-order chi connectivity index (χ1) is 23.7. The zero-order chi connectivity index (χ0) is 46.1. The van der Waals surface area contributed by atoms with Gasteiger partial charge in [0.05, 0.1) is 11.1 Å². The van der Waals surface area contributed by atoms with Crippen molar-refractivity contribution in [3.8, 4) is 0 Å². The Morgan fingerprint density at radius 3 is 0.446 bits per heavy atom. The summed E-state index contributed by atoms with van der Waals surface area (Å²) in [5, 5.41) is 0. The van der Waals surface area contributed by atoms with Crippen molar-refractivity contribution < 1.29 is 159 Å². The van der Waals surface area contributed by atoms with Crippen LogP contribution in [0.2, 0.25) is 0 Å². The number of allylic oxidation sites excluding steroid dienone is 4. The molecule has 0 saturated heterocycles. The molecular formula is C20H4F34O2. The topological polar surface area (TPSA) is 18.5 Å². The predicted molar refractivity (Wildman–Crippen MR) is 102 cm³/mol. The lowest BCUT2D eigenvalue weighted by Crippen LogP contribution is -2.67. The summed E-state index contributed by atoms with van der Waals surface area (Å²) < 4.78 is 461. The highest BCUT2D eigenvalue weighted by Gasteiger charge is 2.89. The molecule has 0 radical (unpaired) electrons. The highest BCUT2D eigenvalue weighted by Crippen LogP contribution is 2.65. The molecule has 0 unspecified atom stereocenters. The number of ether oxygens (including phenoxy) is 2. The fraction of sp³-hybridized carbons (Fsp3) is 0.800. The molecule has 0 amide bonds. The molecule has 2 nitrogen and oxygen atoms in total. The number of alkyl halides is 34. The highest BCUT2D eigenvalue weighted by molar-refractivity contribution is 5.42. The van der Waals surface area contributed by atoms with Gasteiger partial charge in [0.25, 0.3) is 0 Å². The molecule has 0 spiro atoms. The molecule has 0 fully saturated rings. The first-order valence-corrected chi connectivity index (χ1v) is 11.9. The Hall–Kier alpha value is -3.30. The van der Waals surface area contributed by atoms with Crippen LogP contribution in [0.3, 0.4) is 0 Å². The first kappa shape index (κ1) is 52.7. The Bertz CT molecular complexity index is 1190. The number of halogens is 34. The van der Waals surface area contributed by atoms with Gasteiger partial charge in [0, 0.05) is 0 Å². The molecule has 36 heteroatoms. The third-order valence-corrected chi connectivity index (χ3v) is 6.05. The molecule has 0 aliphatic rings. The summed E-state index contributed by atoms with van der Waals surface area (Å²) in [5.74, 6) is -11.3. The van der Waals surface area contributed by atoms with Crippen LogP contribution in [-0.4, -0.2) is 97.7 Å². The minimum Gasteiger partial charge on any atom is -0.485 e. The Labute approximate surface area is 280 Å². The molecule has 56 heavy (non-hydrogen) atoms. The summed E-state index contributed by atoms with van der Waals surface area (Å²) in [6.07, 6.45) is -86.3. The van der Waals surface area contributed by atoms with E-state index in [4.69, 9.17) is 0 Å². The molecule has 334 valence electrons. The maximum atomic E-state index is 14.6. The van der Waals surface area contributed by atoms with Crippen molar-refractivity contribution in [1.29, 1.82) is 0 Å². The zero-order valence-corrected chi connectivity index (χ0v) is 24.1. The second-order valence-electron chi connectivity index (χ2n) is 9.72. The molecular weight excluding hydrogens is 918 g/mol. The summed E-state index contributed by atoms with van der Waals surface area (Å²) in [6, 6.07) is 0. The van der Waals surface area contributed by atoms with Crippen molar-refractivity contribution in [2.45, 2.75) is 84.4 Å². The van der Waals surface area contributed by atoms with E-state index in [1.165, 1.54) is 0 Å². The Morgan fingerprint density at radius 1 is 0.232 bits per heavy atom. The van der Waals surface area contributed by atoms with E-state index >= 15 is 0 Å². The van der Waals surface area contributed by atoms with Gasteiger partial charge < -0.3 is 9.47 Å². The minimum atomic E-state index is -9.03. The van der Waals surface area contributed by atoms with Crippen LogP contribution in [-0.2, 0) is 9.47 Å². The lowest BCUT2D eigenvalue weighted by molar-refractivity contribution is -0.368. The van der Waals surface area contributed by atoms with Gasteiger partial charge in [-0.15, -0.1) is 0 Å². The molecule has 0 aromatic heterocycles.